The molecule has 0 atom stereocenters. The van der Waals surface area contributed by atoms with Crippen molar-refractivity contribution in [1.29, 1.82) is 0 Å². The predicted molar refractivity (Wildman–Crippen MR) is 100 cm³/mol. The van der Waals surface area contributed by atoms with Crippen molar-refractivity contribution < 1.29 is 18.8 Å². The lowest BCUT2D eigenvalue weighted by atomic mass is 10.2. The summed E-state index contributed by atoms with van der Waals surface area (Å²) in [6.45, 7) is 2.32. The van der Waals surface area contributed by atoms with Gasteiger partial charge in [0, 0.05) is 12.6 Å². The molecular formula is C19H20N4O4. The van der Waals surface area contributed by atoms with Gasteiger partial charge in [-0.1, -0.05) is 11.2 Å². The second-order valence-electron chi connectivity index (χ2n) is 5.75. The minimum atomic E-state index is -0.352. The van der Waals surface area contributed by atoms with Gasteiger partial charge in [0.15, 0.2) is 17.3 Å². The van der Waals surface area contributed by atoms with E-state index in [1.165, 1.54) is 0 Å². The Morgan fingerprint density at radius 2 is 1.93 bits per heavy atom. The largest absolute Gasteiger partial charge is 0.493 e. The van der Waals surface area contributed by atoms with Crippen molar-refractivity contribution in [2.24, 2.45) is 0 Å². The molecule has 0 aliphatic rings. The van der Waals surface area contributed by atoms with Gasteiger partial charge in [-0.05, 0) is 36.8 Å². The van der Waals surface area contributed by atoms with E-state index in [0.29, 0.717) is 29.6 Å². The zero-order chi connectivity index (χ0) is 19.2. The summed E-state index contributed by atoms with van der Waals surface area (Å²) in [5.74, 6) is 1.98. The zero-order valence-electron chi connectivity index (χ0n) is 15.3. The fourth-order valence-electron chi connectivity index (χ4n) is 2.43. The summed E-state index contributed by atoms with van der Waals surface area (Å²) in [5, 5.41) is 9.60. The number of amides is 1. The Morgan fingerprint density at radius 3 is 2.56 bits per heavy atom. The Labute approximate surface area is 156 Å². The third-order valence-corrected chi connectivity index (χ3v) is 3.81. The molecule has 3 aromatic rings. The van der Waals surface area contributed by atoms with Crippen molar-refractivity contribution in [3.05, 3.63) is 59.6 Å². The summed E-state index contributed by atoms with van der Waals surface area (Å²) >= 11 is 0. The molecule has 0 aliphatic carbocycles. The molecular weight excluding hydrogens is 348 g/mol. The van der Waals surface area contributed by atoms with Gasteiger partial charge in [-0.15, -0.1) is 0 Å². The lowest BCUT2D eigenvalue weighted by Crippen LogP contribution is -2.14. The average molecular weight is 368 g/mol. The standard InChI is InChI=1S/C19H20N4O4/c1-12-8-18(23-27-12)22-19(24)15-6-5-14(11-21-15)20-10-13-4-7-16(25-2)17(9-13)26-3/h4-9,11,20H,10H2,1-3H3,(H,22,23,24). The Hall–Kier alpha value is -3.55. The minimum Gasteiger partial charge on any atom is -0.493 e. The normalized spacial score (nSPS) is 10.3. The van der Waals surface area contributed by atoms with E-state index >= 15 is 0 Å². The Morgan fingerprint density at radius 1 is 1.11 bits per heavy atom. The maximum absolute atomic E-state index is 12.1. The van der Waals surface area contributed by atoms with Gasteiger partial charge in [0.05, 0.1) is 26.1 Å². The molecule has 2 N–H and O–H groups in total. The number of nitrogens with one attached hydrogen (secondary N) is 2. The summed E-state index contributed by atoms with van der Waals surface area (Å²) in [7, 11) is 3.20. The number of ether oxygens (including phenoxy) is 2. The van der Waals surface area contributed by atoms with Gasteiger partial charge in [0.25, 0.3) is 5.91 Å². The van der Waals surface area contributed by atoms with Crippen LogP contribution in [0.3, 0.4) is 0 Å². The fourth-order valence-corrected chi connectivity index (χ4v) is 2.43. The molecule has 0 bridgehead atoms. The molecule has 0 fully saturated rings. The molecule has 27 heavy (non-hydrogen) atoms. The second-order valence-corrected chi connectivity index (χ2v) is 5.75. The van der Waals surface area contributed by atoms with Crippen LogP contribution in [0, 0.1) is 6.92 Å². The molecule has 0 radical (unpaired) electrons. The van der Waals surface area contributed by atoms with Gasteiger partial charge in [-0.25, -0.2) is 4.98 Å². The molecule has 0 saturated carbocycles. The molecule has 0 spiro atoms. The molecule has 2 heterocycles. The number of rotatable bonds is 7. The van der Waals surface area contributed by atoms with Crippen LogP contribution >= 0.6 is 0 Å². The van der Waals surface area contributed by atoms with Gasteiger partial charge < -0.3 is 24.6 Å². The SMILES string of the molecule is COc1ccc(CNc2ccc(C(=O)Nc3cc(C)on3)nc2)cc1OC. The van der Waals surface area contributed by atoms with Crippen molar-refractivity contribution in [2.45, 2.75) is 13.5 Å². The molecule has 0 aliphatic heterocycles. The first kappa shape index (κ1) is 18.2. The highest BCUT2D eigenvalue weighted by Gasteiger charge is 2.10. The molecule has 140 valence electrons. The summed E-state index contributed by atoms with van der Waals surface area (Å²) in [6.07, 6.45) is 1.60. The molecule has 1 aromatic carbocycles. The highest BCUT2D eigenvalue weighted by atomic mass is 16.5. The number of aryl methyl sites for hydroxylation is 1. The van der Waals surface area contributed by atoms with Crippen LogP contribution in [0.25, 0.3) is 0 Å². The van der Waals surface area contributed by atoms with Crippen LogP contribution in [0.5, 0.6) is 11.5 Å². The van der Waals surface area contributed by atoms with Gasteiger partial charge in [0.2, 0.25) is 0 Å². The molecule has 2 aromatic heterocycles. The van der Waals surface area contributed by atoms with E-state index in [-0.39, 0.29) is 11.6 Å². The van der Waals surface area contributed by atoms with Crippen LogP contribution in [0.1, 0.15) is 21.8 Å². The van der Waals surface area contributed by atoms with E-state index in [1.54, 1.807) is 45.5 Å². The summed E-state index contributed by atoms with van der Waals surface area (Å²) < 4.78 is 15.4. The van der Waals surface area contributed by atoms with Crippen molar-refractivity contribution >= 4 is 17.4 Å². The van der Waals surface area contributed by atoms with Crippen molar-refractivity contribution in [2.75, 3.05) is 24.9 Å². The summed E-state index contributed by atoms with van der Waals surface area (Å²) in [5.41, 5.74) is 2.10. The van der Waals surface area contributed by atoms with Crippen LogP contribution in [0.2, 0.25) is 0 Å². The van der Waals surface area contributed by atoms with Crippen molar-refractivity contribution in [1.82, 2.24) is 10.1 Å². The highest BCUT2D eigenvalue weighted by Crippen LogP contribution is 2.27. The molecule has 0 saturated heterocycles. The Balaban J connectivity index is 1.60. The maximum atomic E-state index is 12.1. The Kier molecular flexibility index (Phi) is 5.55. The lowest BCUT2D eigenvalue weighted by molar-refractivity contribution is 0.102. The van der Waals surface area contributed by atoms with Crippen molar-refractivity contribution in [3.63, 3.8) is 0 Å². The van der Waals surface area contributed by atoms with E-state index in [1.807, 2.05) is 18.2 Å². The number of hydrogen-bond donors (Lipinski definition) is 2. The summed E-state index contributed by atoms with van der Waals surface area (Å²) in [6, 6.07) is 10.8. The van der Waals surface area contributed by atoms with Gasteiger partial charge in [-0.2, -0.15) is 0 Å². The van der Waals surface area contributed by atoms with E-state index in [2.05, 4.69) is 20.8 Å². The fraction of sp³-hybridized carbons (Fsp3) is 0.211. The summed E-state index contributed by atoms with van der Waals surface area (Å²) in [4.78, 5) is 16.3. The first-order valence-electron chi connectivity index (χ1n) is 8.24. The molecule has 3 rings (SSSR count). The minimum absolute atomic E-state index is 0.285. The van der Waals surface area contributed by atoms with E-state index in [0.717, 1.165) is 11.3 Å². The first-order chi connectivity index (χ1) is 13.1. The Bertz CT molecular complexity index is 922. The van der Waals surface area contributed by atoms with Gasteiger partial charge in [-0.3, -0.25) is 4.79 Å². The molecule has 0 unspecified atom stereocenters. The number of benzene rings is 1. The molecule has 1 amide bonds. The maximum Gasteiger partial charge on any atom is 0.275 e. The third kappa shape index (κ3) is 4.55. The number of pyridine rings is 1. The van der Waals surface area contributed by atoms with Crippen molar-refractivity contribution in [3.8, 4) is 11.5 Å². The predicted octanol–water partition coefficient (Wildman–Crippen LogP) is 3.26. The van der Waals surface area contributed by atoms with Crippen LogP contribution in [0.15, 0.2) is 47.1 Å². The third-order valence-electron chi connectivity index (χ3n) is 3.81. The number of aromatic nitrogens is 2. The van der Waals surface area contributed by atoms with Crippen LogP contribution < -0.4 is 20.1 Å². The van der Waals surface area contributed by atoms with E-state index in [4.69, 9.17) is 14.0 Å². The zero-order valence-corrected chi connectivity index (χ0v) is 15.3. The lowest BCUT2D eigenvalue weighted by Gasteiger charge is -2.11. The number of carbonyl (C=O) groups is 1. The second kappa shape index (κ2) is 8.22. The van der Waals surface area contributed by atoms with E-state index < -0.39 is 0 Å². The van der Waals surface area contributed by atoms with Crippen LogP contribution in [0.4, 0.5) is 11.5 Å². The van der Waals surface area contributed by atoms with Crippen LogP contribution in [-0.2, 0) is 6.54 Å². The van der Waals surface area contributed by atoms with E-state index in [9.17, 15) is 4.79 Å². The monoisotopic (exact) mass is 368 g/mol. The number of carbonyl (C=O) groups excluding carboxylic acids is 1. The topological polar surface area (TPSA) is 98.5 Å². The molecule has 8 heteroatoms. The number of methoxy groups -OCH3 is 2. The van der Waals surface area contributed by atoms with Gasteiger partial charge >= 0.3 is 0 Å². The average Bonchev–Trinajstić information content (AvgIpc) is 3.11. The number of nitrogens with zero attached hydrogens (tertiary/aromatic N) is 2. The number of anilines is 2. The molecule has 8 nitrogen and oxygen atoms in total. The first-order valence-corrected chi connectivity index (χ1v) is 8.24. The van der Waals surface area contributed by atoms with Crippen LogP contribution in [-0.4, -0.2) is 30.3 Å². The smallest absolute Gasteiger partial charge is 0.275 e. The number of hydrogen-bond acceptors (Lipinski definition) is 7. The van der Waals surface area contributed by atoms with Gasteiger partial charge in [0.1, 0.15) is 11.5 Å². The quantitative estimate of drug-likeness (QED) is 0.660. The highest BCUT2D eigenvalue weighted by molar-refractivity contribution is 6.02.